The molecule has 0 unspecified atom stereocenters. The summed E-state index contributed by atoms with van der Waals surface area (Å²) in [6.45, 7) is 4.64. The topological polar surface area (TPSA) is 12.5 Å². The Bertz CT molecular complexity index is 157. The van der Waals surface area contributed by atoms with Crippen LogP contribution in [0.3, 0.4) is 0 Å². The molecule has 1 aliphatic heterocycles. The van der Waals surface area contributed by atoms with Crippen molar-refractivity contribution in [2.75, 3.05) is 20.1 Å². The van der Waals surface area contributed by atoms with Gasteiger partial charge in [-0.05, 0) is 38.6 Å². The van der Waals surface area contributed by atoms with Gasteiger partial charge in [0.25, 0.3) is 0 Å². The minimum absolute atomic E-state index is 0.545. The van der Waals surface area contributed by atoms with Crippen LogP contribution in [-0.2, 0) is 4.74 Å². The monoisotopic (exact) mass is 183 g/mol. The Balaban J connectivity index is 1.65. The Labute approximate surface area is 81.3 Å². The average molecular weight is 183 g/mol. The third-order valence-electron chi connectivity index (χ3n) is 3.38. The molecule has 0 atom stereocenters. The van der Waals surface area contributed by atoms with E-state index >= 15 is 0 Å². The molecule has 0 amide bonds. The molecule has 2 nitrogen and oxygen atoms in total. The minimum atomic E-state index is 0.545. The highest BCUT2D eigenvalue weighted by atomic mass is 16.5. The molecule has 1 heterocycles. The summed E-state index contributed by atoms with van der Waals surface area (Å²) >= 11 is 0. The first-order valence-electron chi connectivity index (χ1n) is 5.58. The molecule has 2 aliphatic rings. The highest BCUT2D eigenvalue weighted by Crippen LogP contribution is 2.27. The van der Waals surface area contributed by atoms with Gasteiger partial charge >= 0.3 is 0 Å². The van der Waals surface area contributed by atoms with Crippen LogP contribution in [0.25, 0.3) is 0 Å². The van der Waals surface area contributed by atoms with E-state index < -0.39 is 0 Å². The maximum absolute atomic E-state index is 6.00. The lowest BCUT2D eigenvalue weighted by molar-refractivity contribution is -0.0967. The predicted octanol–water partition coefficient (Wildman–Crippen LogP) is 1.90. The van der Waals surface area contributed by atoms with Gasteiger partial charge in [-0.3, -0.25) is 0 Å². The maximum Gasteiger partial charge on any atom is 0.0832 e. The molecular weight excluding hydrogens is 162 g/mol. The summed E-state index contributed by atoms with van der Waals surface area (Å²) in [5, 5.41) is 0. The number of rotatable bonds is 2. The minimum Gasteiger partial charge on any atom is -0.372 e. The Morgan fingerprint density at radius 2 is 1.62 bits per heavy atom. The average Bonchev–Trinajstić information content (AvgIpc) is 2.06. The van der Waals surface area contributed by atoms with Gasteiger partial charge in [-0.2, -0.15) is 0 Å². The Kier molecular flexibility index (Phi) is 2.89. The Hall–Kier alpha value is -0.0800. The first-order chi connectivity index (χ1) is 6.24. The quantitative estimate of drug-likeness (QED) is 0.648. The molecule has 0 aromatic carbocycles. The highest BCUT2D eigenvalue weighted by molar-refractivity contribution is 4.80. The van der Waals surface area contributed by atoms with Crippen molar-refractivity contribution in [1.82, 2.24) is 4.90 Å². The van der Waals surface area contributed by atoms with Crippen molar-refractivity contribution in [2.45, 2.75) is 44.8 Å². The number of hydrogen-bond donors (Lipinski definition) is 0. The number of likely N-dealkylation sites (N-methyl/N-ethyl adjacent to an activating group) is 1. The van der Waals surface area contributed by atoms with Gasteiger partial charge in [-0.15, -0.1) is 0 Å². The normalized spacial score (nSPS) is 37.4. The molecule has 0 spiro atoms. The van der Waals surface area contributed by atoms with Crippen LogP contribution in [0, 0.1) is 5.92 Å². The number of likely N-dealkylation sites (tertiary alicyclic amines) is 1. The maximum atomic E-state index is 6.00. The van der Waals surface area contributed by atoms with Crippen LogP contribution in [0.2, 0.25) is 0 Å². The molecule has 0 aromatic heterocycles. The second-order valence-electron chi connectivity index (χ2n) is 4.86. The molecule has 13 heavy (non-hydrogen) atoms. The van der Waals surface area contributed by atoms with Crippen LogP contribution in [0.4, 0.5) is 0 Å². The predicted molar refractivity (Wildman–Crippen MR) is 53.8 cm³/mol. The van der Waals surface area contributed by atoms with E-state index in [2.05, 4.69) is 18.9 Å². The molecule has 0 bridgehead atoms. The summed E-state index contributed by atoms with van der Waals surface area (Å²) in [6, 6.07) is 0. The van der Waals surface area contributed by atoms with Gasteiger partial charge in [0.1, 0.15) is 0 Å². The lowest BCUT2D eigenvalue weighted by Gasteiger charge is -2.39. The van der Waals surface area contributed by atoms with Gasteiger partial charge in [0.05, 0.1) is 12.2 Å². The summed E-state index contributed by atoms with van der Waals surface area (Å²) in [6.07, 6.45) is 6.45. The zero-order valence-electron chi connectivity index (χ0n) is 8.83. The summed E-state index contributed by atoms with van der Waals surface area (Å²) in [7, 11) is 2.16. The number of nitrogens with zero attached hydrogens (tertiary/aromatic N) is 1. The van der Waals surface area contributed by atoms with Gasteiger partial charge < -0.3 is 9.64 Å². The Morgan fingerprint density at radius 1 is 1.00 bits per heavy atom. The number of hydrogen-bond acceptors (Lipinski definition) is 2. The second-order valence-corrected chi connectivity index (χ2v) is 4.86. The summed E-state index contributed by atoms with van der Waals surface area (Å²) in [4.78, 5) is 2.32. The van der Waals surface area contributed by atoms with E-state index in [1.54, 1.807) is 0 Å². The largest absolute Gasteiger partial charge is 0.372 e. The van der Waals surface area contributed by atoms with Gasteiger partial charge in [0.15, 0.2) is 0 Å². The molecule has 0 radical (unpaired) electrons. The fourth-order valence-electron chi connectivity index (χ4n) is 2.37. The zero-order chi connectivity index (χ0) is 9.26. The SMILES string of the molecule is CC1CCC(OC2CN(C)C2)CC1. The lowest BCUT2D eigenvalue weighted by atomic mass is 9.89. The summed E-state index contributed by atoms with van der Waals surface area (Å²) in [5.41, 5.74) is 0. The molecule has 1 aliphatic carbocycles. The van der Waals surface area contributed by atoms with Crippen LogP contribution in [-0.4, -0.2) is 37.2 Å². The molecule has 1 saturated heterocycles. The van der Waals surface area contributed by atoms with E-state index in [-0.39, 0.29) is 0 Å². The van der Waals surface area contributed by atoms with Crippen LogP contribution in [0.5, 0.6) is 0 Å². The zero-order valence-corrected chi connectivity index (χ0v) is 8.83. The van der Waals surface area contributed by atoms with Gasteiger partial charge in [0, 0.05) is 13.1 Å². The van der Waals surface area contributed by atoms with E-state index in [1.165, 1.54) is 25.7 Å². The van der Waals surface area contributed by atoms with Crippen LogP contribution in [0.1, 0.15) is 32.6 Å². The highest BCUT2D eigenvalue weighted by Gasteiger charge is 2.28. The number of ether oxygens (including phenoxy) is 1. The van der Waals surface area contributed by atoms with Crippen molar-refractivity contribution >= 4 is 0 Å². The molecular formula is C11H21NO. The third kappa shape index (κ3) is 2.44. The van der Waals surface area contributed by atoms with Gasteiger partial charge in [-0.1, -0.05) is 6.92 Å². The van der Waals surface area contributed by atoms with E-state index in [4.69, 9.17) is 4.74 Å². The lowest BCUT2D eigenvalue weighted by Crippen LogP contribution is -2.51. The van der Waals surface area contributed by atoms with Crippen molar-refractivity contribution in [1.29, 1.82) is 0 Å². The fraction of sp³-hybridized carbons (Fsp3) is 1.00. The van der Waals surface area contributed by atoms with Crippen LogP contribution < -0.4 is 0 Å². The molecule has 1 saturated carbocycles. The molecule has 76 valence electrons. The molecule has 2 heteroatoms. The summed E-state index contributed by atoms with van der Waals surface area (Å²) in [5.74, 6) is 0.934. The van der Waals surface area contributed by atoms with Crippen molar-refractivity contribution in [3.05, 3.63) is 0 Å². The molecule has 2 rings (SSSR count). The standard InChI is InChI=1S/C11H21NO/c1-9-3-5-10(6-4-9)13-11-7-12(2)8-11/h9-11H,3-8H2,1-2H3. The van der Waals surface area contributed by atoms with Crippen molar-refractivity contribution < 1.29 is 4.74 Å². The fourth-order valence-corrected chi connectivity index (χ4v) is 2.37. The van der Waals surface area contributed by atoms with E-state index in [0.717, 1.165) is 19.0 Å². The molecule has 0 N–H and O–H groups in total. The van der Waals surface area contributed by atoms with Crippen LogP contribution in [0.15, 0.2) is 0 Å². The smallest absolute Gasteiger partial charge is 0.0832 e. The van der Waals surface area contributed by atoms with Gasteiger partial charge in [0.2, 0.25) is 0 Å². The van der Waals surface area contributed by atoms with E-state index in [1.807, 2.05) is 0 Å². The summed E-state index contributed by atoms with van der Waals surface area (Å²) < 4.78 is 6.00. The molecule has 2 fully saturated rings. The van der Waals surface area contributed by atoms with E-state index in [0.29, 0.717) is 12.2 Å². The first kappa shape index (κ1) is 9.47. The Morgan fingerprint density at radius 3 is 2.15 bits per heavy atom. The first-order valence-corrected chi connectivity index (χ1v) is 5.58. The van der Waals surface area contributed by atoms with Crippen molar-refractivity contribution in [3.63, 3.8) is 0 Å². The molecule has 0 aromatic rings. The van der Waals surface area contributed by atoms with Crippen molar-refractivity contribution in [3.8, 4) is 0 Å². The third-order valence-corrected chi connectivity index (χ3v) is 3.38. The van der Waals surface area contributed by atoms with Crippen molar-refractivity contribution in [2.24, 2.45) is 5.92 Å². The van der Waals surface area contributed by atoms with E-state index in [9.17, 15) is 0 Å². The second kappa shape index (κ2) is 3.97. The van der Waals surface area contributed by atoms with Crippen LogP contribution >= 0.6 is 0 Å². The van der Waals surface area contributed by atoms with Gasteiger partial charge in [-0.25, -0.2) is 0 Å².